The Morgan fingerprint density at radius 1 is 1.05 bits per heavy atom. The minimum atomic E-state index is -4.40. The number of anilines is 1. The maximum Gasteiger partial charge on any atom is 0.416 e. The number of halogens is 3. The number of hydrogen-bond acceptors (Lipinski definition) is 6. The number of alkyl halides is 3. The first-order valence-electron chi connectivity index (χ1n) is 12.9. The average Bonchev–Trinajstić information content (AvgIpc) is 3.33. The molecule has 37 heavy (non-hydrogen) atoms. The predicted octanol–water partition coefficient (Wildman–Crippen LogP) is 5.75. The number of esters is 1. The molecule has 0 spiro atoms. The molecule has 2 aliphatic rings. The van der Waals surface area contributed by atoms with Gasteiger partial charge in [-0.1, -0.05) is 0 Å². The summed E-state index contributed by atoms with van der Waals surface area (Å²) in [4.78, 5) is 26.2. The molecule has 10 heteroatoms. The van der Waals surface area contributed by atoms with E-state index in [2.05, 4.69) is 19.9 Å². The Hall–Kier alpha value is -3.14. The average molecular weight is 517 g/mol. The Balaban J connectivity index is 1.13. The van der Waals surface area contributed by atoms with Gasteiger partial charge in [0.2, 0.25) is 0 Å². The molecule has 1 saturated heterocycles. The van der Waals surface area contributed by atoms with Crippen molar-refractivity contribution < 1.29 is 27.4 Å². The molecule has 0 radical (unpaired) electrons. The summed E-state index contributed by atoms with van der Waals surface area (Å²) in [6.45, 7) is 3.93. The molecule has 0 bridgehead atoms. The Kier molecular flexibility index (Phi) is 7.37. The SMILES string of the molecule is CCOC(=O)[C@H]1CC[C@@H](OC2CCN(c3ccc(-c4nc5cc(C(F)(F)F)ccc5[nH]4)cn3)CC2)CC1. The van der Waals surface area contributed by atoms with Crippen LogP contribution in [0, 0.1) is 5.92 Å². The maximum atomic E-state index is 13.0. The van der Waals surface area contributed by atoms with Crippen LogP contribution in [0.2, 0.25) is 0 Å². The number of nitrogens with zero attached hydrogens (tertiary/aromatic N) is 3. The van der Waals surface area contributed by atoms with E-state index in [9.17, 15) is 18.0 Å². The van der Waals surface area contributed by atoms with Crippen molar-refractivity contribution in [3.05, 3.63) is 42.1 Å². The molecule has 1 saturated carbocycles. The number of piperidine rings is 1. The number of hydrogen-bond donors (Lipinski definition) is 1. The van der Waals surface area contributed by atoms with Gasteiger partial charge in [0.1, 0.15) is 11.6 Å². The van der Waals surface area contributed by atoms with Gasteiger partial charge in [0.15, 0.2) is 0 Å². The number of imidazole rings is 1. The van der Waals surface area contributed by atoms with Gasteiger partial charge in [0.25, 0.3) is 0 Å². The van der Waals surface area contributed by atoms with Crippen molar-refractivity contribution >= 4 is 22.8 Å². The monoisotopic (exact) mass is 516 g/mol. The van der Waals surface area contributed by atoms with Crippen molar-refractivity contribution in [2.24, 2.45) is 5.92 Å². The van der Waals surface area contributed by atoms with E-state index in [1.54, 1.807) is 6.20 Å². The zero-order valence-electron chi connectivity index (χ0n) is 20.8. The second-order valence-corrected chi connectivity index (χ2v) is 9.77. The van der Waals surface area contributed by atoms with E-state index in [-0.39, 0.29) is 29.6 Å². The number of fused-ring (bicyclic) bond motifs is 1. The van der Waals surface area contributed by atoms with Gasteiger partial charge in [-0.05, 0) is 75.8 Å². The van der Waals surface area contributed by atoms with Gasteiger partial charge in [-0.25, -0.2) is 9.97 Å². The number of aromatic nitrogens is 3. The van der Waals surface area contributed by atoms with Crippen LogP contribution in [-0.2, 0) is 20.4 Å². The van der Waals surface area contributed by atoms with Gasteiger partial charge in [0, 0.05) is 24.8 Å². The molecule has 0 atom stereocenters. The van der Waals surface area contributed by atoms with Crippen LogP contribution in [0.25, 0.3) is 22.4 Å². The molecule has 0 amide bonds. The zero-order valence-corrected chi connectivity index (χ0v) is 20.8. The van der Waals surface area contributed by atoms with Crippen molar-refractivity contribution in [3.8, 4) is 11.4 Å². The molecular weight excluding hydrogens is 485 g/mol. The van der Waals surface area contributed by atoms with Crippen LogP contribution < -0.4 is 4.90 Å². The summed E-state index contributed by atoms with van der Waals surface area (Å²) in [5, 5.41) is 0. The van der Waals surface area contributed by atoms with Gasteiger partial charge in [-0.2, -0.15) is 13.2 Å². The predicted molar refractivity (Wildman–Crippen MR) is 133 cm³/mol. The van der Waals surface area contributed by atoms with Crippen LogP contribution >= 0.6 is 0 Å². The zero-order chi connectivity index (χ0) is 26.0. The number of carbonyl (C=O) groups is 1. The number of ether oxygens (including phenoxy) is 2. The highest BCUT2D eigenvalue weighted by Crippen LogP contribution is 2.33. The van der Waals surface area contributed by atoms with E-state index < -0.39 is 11.7 Å². The number of aromatic amines is 1. The molecule has 5 rings (SSSR count). The van der Waals surface area contributed by atoms with Crippen molar-refractivity contribution in [2.75, 3.05) is 24.6 Å². The van der Waals surface area contributed by atoms with Crippen molar-refractivity contribution in [3.63, 3.8) is 0 Å². The minimum Gasteiger partial charge on any atom is -0.466 e. The molecule has 1 aliphatic heterocycles. The van der Waals surface area contributed by atoms with E-state index in [1.165, 1.54) is 6.07 Å². The molecule has 7 nitrogen and oxygen atoms in total. The minimum absolute atomic E-state index is 0.00705. The Morgan fingerprint density at radius 3 is 2.43 bits per heavy atom. The summed E-state index contributed by atoms with van der Waals surface area (Å²) in [7, 11) is 0. The van der Waals surface area contributed by atoms with Crippen LogP contribution in [0.4, 0.5) is 19.0 Å². The third-order valence-electron chi connectivity index (χ3n) is 7.28. The van der Waals surface area contributed by atoms with Crippen molar-refractivity contribution in [1.29, 1.82) is 0 Å². The van der Waals surface area contributed by atoms with Crippen LogP contribution in [-0.4, -0.2) is 52.8 Å². The second-order valence-electron chi connectivity index (χ2n) is 9.77. The second kappa shape index (κ2) is 10.7. The molecule has 1 N–H and O–H groups in total. The Bertz CT molecular complexity index is 1210. The van der Waals surface area contributed by atoms with Crippen LogP contribution in [0.15, 0.2) is 36.5 Å². The number of benzene rings is 1. The quantitative estimate of drug-likeness (QED) is 0.420. The number of carbonyl (C=O) groups excluding carboxylic acids is 1. The van der Waals surface area contributed by atoms with Gasteiger partial charge < -0.3 is 19.4 Å². The normalized spacial score (nSPS) is 21.4. The van der Waals surface area contributed by atoms with E-state index in [1.807, 2.05) is 19.1 Å². The Morgan fingerprint density at radius 2 is 1.78 bits per heavy atom. The standard InChI is InChI=1S/C27H31F3N4O3/c1-2-36-26(35)17-3-7-20(8-4-17)37-21-11-13-34(14-12-21)24-10-5-18(16-31-24)25-32-22-9-6-19(27(28,29)30)15-23(22)33-25/h5-6,9-10,15-17,20-21H,2-4,7-8,11-14H2,1H3,(H,32,33)/t17-,20+. The van der Waals surface area contributed by atoms with Crippen LogP contribution in [0.3, 0.4) is 0 Å². The lowest BCUT2D eigenvalue weighted by molar-refractivity contribution is -0.150. The van der Waals surface area contributed by atoms with Crippen molar-refractivity contribution in [2.45, 2.75) is 63.8 Å². The lowest BCUT2D eigenvalue weighted by Crippen LogP contribution is -2.39. The first kappa shape index (κ1) is 25.5. The lowest BCUT2D eigenvalue weighted by Gasteiger charge is -2.36. The maximum absolute atomic E-state index is 13.0. The molecule has 198 valence electrons. The fourth-order valence-electron chi connectivity index (χ4n) is 5.22. The topological polar surface area (TPSA) is 80.3 Å². The van der Waals surface area contributed by atoms with E-state index in [0.717, 1.165) is 69.6 Å². The highest BCUT2D eigenvalue weighted by molar-refractivity contribution is 5.80. The van der Waals surface area contributed by atoms with Crippen LogP contribution in [0.1, 0.15) is 51.0 Å². The highest BCUT2D eigenvalue weighted by Gasteiger charge is 2.31. The molecule has 3 heterocycles. The number of nitrogens with one attached hydrogen (secondary N) is 1. The molecular formula is C27H31F3N4O3. The number of pyridine rings is 1. The van der Waals surface area contributed by atoms with Gasteiger partial charge >= 0.3 is 12.1 Å². The van der Waals surface area contributed by atoms with Gasteiger partial charge in [-0.15, -0.1) is 0 Å². The number of H-pyrrole nitrogens is 1. The van der Waals surface area contributed by atoms with E-state index in [0.29, 0.717) is 23.5 Å². The summed E-state index contributed by atoms with van der Waals surface area (Å²) in [5.74, 6) is 1.27. The largest absolute Gasteiger partial charge is 0.466 e. The first-order chi connectivity index (χ1) is 17.8. The van der Waals surface area contributed by atoms with E-state index in [4.69, 9.17) is 9.47 Å². The summed E-state index contributed by atoms with van der Waals surface area (Å²) in [6.07, 6.45) is 2.96. The van der Waals surface area contributed by atoms with Gasteiger partial charge in [-0.3, -0.25) is 4.79 Å². The fraction of sp³-hybridized carbons (Fsp3) is 0.519. The van der Waals surface area contributed by atoms with Crippen molar-refractivity contribution in [1.82, 2.24) is 15.0 Å². The van der Waals surface area contributed by atoms with E-state index >= 15 is 0 Å². The molecule has 2 aromatic heterocycles. The smallest absolute Gasteiger partial charge is 0.416 e. The summed E-state index contributed by atoms with van der Waals surface area (Å²) in [6, 6.07) is 7.30. The first-order valence-corrected chi connectivity index (χ1v) is 12.9. The van der Waals surface area contributed by atoms with Crippen LogP contribution in [0.5, 0.6) is 0 Å². The summed E-state index contributed by atoms with van der Waals surface area (Å²) >= 11 is 0. The molecule has 2 fully saturated rings. The third kappa shape index (κ3) is 5.89. The highest BCUT2D eigenvalue weighted by atomic mass is 19.4. The molecule has 1 aromatic carbocycles. The lowest BCUT2D eigenvalue weighted by atomic mass is 9.87. The Labute approximate surface area is 213 Å². The summed E-state index contributed by atoms with van der Waals surface area (Å²) in [5.41, 5.74) is 0.808. The van der Waals surface area contributed by atoms with Gasteiger partial charge in [0.05, 0.1) is 41.3 Å². The molecule has 3 aromatic rings. The molecule has 0 unspecified atom stereocenters. The number of rotatable bonds is 6. The third-order valence-corrected chi connectivity index (χ3v) is 7.28. The summed E-state index contributed by atoms with van der Waals surface area (Å²) < 4.78 is 50.5. The fourth-order valence-corrected chi connectivity index (χ4v) is 5.22. The molecule has 1 aliphatic carbocycles.